The van der Waals surface area contributed by atoms with Gasteiger partial charge in [-0.2, -0.15) is 13.2 Å². The molecule has 2 aliphatic rings. The van der Waals surface area contributed by atoms with Crippen LogP contribution in [0.3, 0.4) is 0 Å². The number of aliphatic carboxylic acids is 1. The summed E-state index contributed by atoms with van der Waals surface area (Å²) in [6, 6.07) is 9.27. The predicted molar refractivity (Wildman–Crippen MR) is 136 cm³/mol. The Balaban J connectivity index is 0.00000380. The lowest BCUT2D eigenvalue weighted by atomic mass is 9.97. The van der Waals surface area contributed by atoms with E-state index in [0.717, 1.165) is 30.2 Å². The number of halogens is 4. The Morgan fingerprint density at radius 2 is 2.00 bits per heavy atom. The van der Waals surface area contributed by atoms with E-state index in [1.54, 1.807) is 32.0 Å². The summed E-state index contributed by atoms with van der Waals surface area (Å²) in [6.07, 6.45) is -1.30. The molecule has 0 bridgehead atoms. The van der Waals surface area contributed by atoms with Crippen LogP contribution in [0.4, 0.5) is 13.2 Å². The van der Waals surface area contributed by atoms with Crippen molar-refractivity contribution in [2.24, 2.45) is 5.92 Å². The highest BCUT2D eigenvalue weighted by Crippen LogP contribution is 2.38. The van der Waals surface area contributed by atoms with Gasteiger partial charge in [0, 0.05) is 24.7 Å². The summed E-state index contributed by atoms with van der Waals surface area (Å²) in [5, 5.41) is 9.29. The predicted octanol–water partition coefficient (Wildman–Crippen LogP) is 6.07. The Morgan fingerprint density at radius 1 is 1.22 bits per heavy atom. The topological polar surface area (TPSA) is 68.2 Å². The zero-order chi connectivity index (χ0) is 25.9. The van der Waals surface area contributed by atoms with Gasteiger partial charge in [0.15, 0.2) is 0 Å². The fraction of sp³-hybridized carbons (Fsp3) is 0.444. The highest BCUT2D eigenvalue weighted by atomic mass is 35.5. The van der Waals surface area contributed by atoms with Crippen molar-refractivity contribution in [2.75, 3.05) is 26.2 Å². The summed E-state index contributed by atoms with van der Waals surface area (Å²) in [4.78, 5) is 13.5. The number of rotatable bonds is 8. The van der Waals surface area contributed by atoms with Gasteiger partial charge in [-0.1, -0.05) is 6.07 Å². The molecule has 0 saturated carbocycles. The van der Waals surface area contributed by atoms with Crippen molar-refractivity contribution in [3.05, 3.63) is 58.7 Å². The van der Waals surface area contributed by atoms with Crippen LogP contribution in [0, 0.1) is 5.92 Å². The minimum absolute atomic E-state index is 0. The maximum Gasteiger partial charge on any atom is 0.419 e. The number of likely N-dealkylation sites (tertiary alicyclic amines) is 1. The number of alkyl halides is 3. The summed E-state index contributed by atoms with van der Waals surface area (Å²) in [5.41, 5.74) is 1.49. The lowest BCUT2D eigenvalue weighted by molar-refractivity contribution is -0.143. The van der Waals surface area contributed by atoms with E-state index in [-0.39, 0.29) is 36.8 Å². The van der Waals surface area contributed by atoms with Crippen LogP contribution in [0.25, 0.3) is 6.08 Å². The van der Waals surface area contributed by atoms with E-state index in [1.165, 1.54) is 6.07 Å². The second-order valence-electron chi connectivity index (χ2n) is 9.49. The molecule has 0 amide bonds. The van der Waals surface area contributed by atoms with Gasteiger partial charge in [-0.25, -0.2) is 0 Å². The van der Waals surface area contributed by atoms with Crippen molar-refractivity contribution in [2.45, 2.75) is 45.6 Å². The van der Waals surface area contributed by atoms with Gasteiger partial charge < -0.3 is 19.3 Å². The molecule has 202 valence electrons. The first kappa shape index (κ1) is 28.7. The number of carboxylic acid groups (broad SMARTS) is 1. The van der Waals surface area contributed by atoms with Crippen LogP contribution in [0.15, 0.2) is 42.0 Å². The van der Waals surface area contributed by atoms with Crippen molar-refractivity contribution < 1.29 is 37.3 Å². The third-order valence-electron chi connectivity index (χ3n) is 6.16. The molecular formula is C27H31ClF3NO5. The average Bonchev–Trinajstić information content (AvgIpc) is 2.82. The summed E-state index contributed by atoms with van der Waals surface area (Å²) < 4.78 is 57.5. The SMILES string of the molecule is CC(C)Oc1ccc(COc2ccc3c(c2)OCC(CN2CCC[C@H](C(=O)O)C2)=C3)cc1C(F)(F)F.Cl. The number of hydrogen-bond acceptors (Lipinski definition) is 5. The molecule has 1 saturated heterocycles. The Hall–Kier alpha value is -2.91. The van der Waals surface area contributed by atoms with E-state index >= 15 is 0 Å². The molecule has 10 heteroatoms. The van der Waals surface area contributed by atoms with Crippen molar-refractivity contribution in [3.8, 4) is 17.2 Å². The Kier molecular flexibility index (Phi) is 9.36. The first-order chi connectivity index (χ1) is 17.1. The van der Waals surface area contributed by atoms with Crippen LogP contribution < -0.4 is 14.2 Å². The van der Waals surface area contributed by atoms with Crippen LogP contribution in [0.2, 0.25) is 0 Å². The van der Waals surface area contributed by atoms with E-state index in [1.807, 2.05) is 12.1 Å². The van der Waals surface area contributed by atoms with E-state index in [2.05, 4.69) is 4.90 Å². The molecule has 0 unspecified atom stereocenters. The number of piperidine rings is 1. The van der Waals surface area contributed by atoms with Gasteiger partial charge in [-0.05, 0) is 74.7 Å². The van der Waals surface area contributed by atoms with E-state index in [9.17, 15) is 23.1 Å². The molecule has 0 aromatic heterocycles. The largest absolute Gasteiger partial charge is 0.490 e. The average molecular weight is 542 g/mol. The van der Waals surface area contributed by atoms with Crippen molar-refractivity contribution >= 4 is 24.5 Å². The number of ether oxygens (including phenoxy) is 3. The smallest absolute Gasteiger partial charge is 0.419 e. The molecule has 1 fully saturated rings. The zero-order valence-corrected chi connectivity index (χ0v) is 21.5. The maximum absolute atomic E-state index is 13.5. The summed E-state index contributed by atoms with van der Waals surface area (Å²) in [6.45, 7) is 5.75. The molecule has 2 aliphatic heterocycles. The Bertz CT molecular complexity index is 1140. The van der Waals surface area contributed by atoms with Crippen LogP contribution in [0.1, 0.15) is 43.4 Å². The van der Waals surface area contributed by atoms with Gasteiger partial charge in [-0.3, -0.25) is 9.69 Å². The Morgan fingerprint density at radius 3 is 2.70 bits per heavy atom. The first-order valence-corrected chi connectivity index (χ1v) is 12.0. The highest BCUT2D eigenvalue weighted by Gasteiger charge is 2.35. The fourth-order valence-corrected chi connectivity index (χ4v) is 4.47. The molecular weight excluding hydrogens is 511 g/mol. The zero-order valence-electron chi connectivity index (χ0n) is 20.7. The molecule has 1 atom stereocenters. The summed E-state index contributed by atoms with van der Waals surface area (Å²) >= 11 is 0. The van der Waals surface area contributed by atoms with Crippen LogP contribution in [0.5, 0.6) is 17.2 Å². The van der Waals surface area contributed by atoms with E-state index in [0.29, 0.717) is 43.2 Å². The standard InChI is InChI=1S/C27H30F3NO5.ClH/c1-17(2)36-24-8-5-18(11-23(24)27(28,29)30)15-34-22-7-6-20-10-19(16-35-25(20)12-22)13-31-9-3-4-21(14-31)26(32)33;/h5-8,10-12,17,21H,3-4,9,13-16H2,1-2H3,(H,32,33);1H/t21-;/m0./s1. The van der Waals surface area contributed by atoms with Gasteiger partial charge >= 0.3 is 12.1 Å². The molecule has 2 aromatic carbocycles. The van der Waals surface area contributed by atoms with Crippen LogP contribution >= 0.6 is 12.4 Å². The number of nitrogens with zero attached hydrogens (tertiary/aromatic N) is 1. The minimum atomic E-state index is -4.54. The molecule has 6 nitrogen and oxygen atoms in total. The lowest BCUT2D eigenvalue weighted by Gasteiger charge is -2.32. The van der Waals surface area contributed by atoms with Gasteiger partial charge in [0.2, 0.25) is 0 Å². The van der Waals surface area contributed by atoms with E-state index in [4.69, 9.17) is 14.2 Å². The molecule has 0 aliphatic carbocycles. The molecule has 2 aromatic rings. The number of fused-ring (bicyclic) bond motifs is 1. The van der Waals surface area contributed by atoms with Crippen LogP contribution in [-0.2, 0) is 17.6 Å². The minimum Gasteiger partial charge on any atom is -0.490 e. The Labute approximate surface area is 220 Å². The number of benzene rings is 2. The molecule has 0 radical (unpaired) electrons. The third kappa shape index (κ3) is 7.55. The summed E-state index contributed by atoms with van der Waals surface area (Å²) in [7, 11) is 0. The monoisotopic (exact) mass is 541 g/mol. The van der Waals surface area contributed by atoms with Crippen molar-refractivity contribution in [1.29, 1.82) is 0 Å². The van der Waals surface area contributed by atoms with Gasteiger partial charge in [0.05, 0.1) is 17.6 Å². The number of carboxylic acids is 1. The first-order valence-electron chi connectivity index (χ1n) is 12.0. The quantitative estimate of drug-likeness (QED) is 0.438. The normalized spacial score (nSPS) is 17.8. The molecule has 4 rings (SSSR count). The number of carbonyl (C=O) groups is 1. The highest BCUT2D eigenvalue weighted by molar-refractivity contribution is 5.85. The molecule has 2 heterocycles. The van der Waals surface area contributed by atoms with Gasteiger partial charge in [-0.15, -0.1) is 12.4 Å². The number of hydrogen-bond donors (Lipinski definition) is 1. The van der Waals surface area contributed by atoms with E-state index < -0.39 is 17.7 Å². The second kappa shape index (κ2) is 12.1. The second-order valence-corrected chi connectivity index (χ2v) is 9.49. The molecule has 37 heavy (non-hydrogen) atoms. The van der Waals surface area contributed by atoms with Crippen molar-refractivity contribution in [1.82, 2.24) is 4.90 Å². The third-order valence-corrected chi connectivity index (χ3v) is 6.16. The van der Waals surface area contributed by atoms with Gasteiger partial charge in [0.1, 0.15) is 30.5 Å². The van der Waals surface area contributed by atoms with Crippen LogP contribution in [-0.4, -0.2) is 48.3 Å². The lowest BCUT2D eigenvalue weighted by Crippen LogP contribution is -2.40. The molecule has 0 spiro atoms. The van der Waals surface area contributed by atoms with Crippen molar-refractivity contribution in [3.63, 3.8) is 0 Å². The maximum atomic E-state index is 13.5. The van der Waals surface area contributed by atoms with Gasteiger partial charge in [0.25, 0.3) is 0 Å². The fourth-order valence-electron chi connectivity index (χ4n) is 4.47. The molecule has 1 N–H and O–H groups in total. The summed E-state index contributed by atoms with van der Waals surface area (Å²) in [5.74, 6) is -0.158.